The summed E-state index contributed by atoms with van der Waals surface area (Å²) >= 11 is 7.19. The number of thioether (sulfide) groups is 2. The van der Waals surface area contributed by atoms with Gasteiger partial charge in [-0.15, -0.1) is 23.5 Å². The standard InChI is InChI=1S/C7H10O2PS4/c1-2-9-10(8)7-13-5-6(14-7)12-4-3-11-5/h8H,2-4H2,1H3/q+1. The minimum absolute atomic E-state index is 0.581. The summed E-state index contributed by atoms with van der Waals surface area (Å²) in [4.78, 5) is 9.71. The summed E-state index contributed by atoms with van der Waals surface area (Å²) < 4.78 is 8.99. The van der Waals surface area contributed by atoms with Gasteiger partial charge in [-0.05, 0) is 6.92 Å². The largest absolute Gasteiger partial charge is 0.459 e. The Kier molecular flexibility index (Phi) is 4.37. The van der Waals surface area contributed by atoms with Crippen LogP contribution in [0.4, 0.5) is 0 Å². The molecule has 0 saturated heterocycles. The summed E-state index contributed by atoms with van der Waals surface area (Å²) in [5.74, 6) is 2.37. The first-order chi connectivity index (χ1) is 6.81. The molecule has 1 aliphatic heterocycles. The Hall–Kier alpha value is 0.970. The summed E-state index contributed by atoms with van der Waals surface area (Å²) in [6.45, 7) is 2.49. The van der Waals surface area contributed by atoms with Crippen LogP contribution >= 0.6 is 54.2 Å². The van der Waals surface area contributed by atoms with Crippen molar-refractivity contribution in [2.75, 3.05) is 18.1 Å². The van der Waals surface area contributed by atoms with Crippen LogP contribution in [-0.2, 0) is 4.52 Å². The second kappa shape index (κ2) is 5.34. The highest BCUT2D eigenvalue weighted by atomic mass is 32.2. The third-order valence-electron chi connectivity index (χ3n) is 1.48. The van der Waals surface area contributed by atoms with Crippen LogP contribution in [0.3, 0.4) is 0 Å². The third-order valence-corrected chi connectivity index (χ3v) is 9.14. The highest BCUT2D eigenvalue weighted by molar-refractivity contribution is 8.08. The minimum Gasteiger partial charge on any atom is -0.165 e. The zero-order chi connectivity index (χ0) is 9.97. The summed E-state index contributed by atoms with van der Waals surface area (Å²) in [5, 5.41) is 0. The van der Waals surface area contributed by atoms with Gasteiger partial charge in [0.2, 0.25) is 0 Å². The Morgan fingerprint density at radius 3 is 2.36 bits per heavy atom. The summed E-state index contributed by atoms with van der Waals surface area (Å²) in [7, 11) is -1.34. The van der Waals surface area contributed by atoms with Gasteiger partial charge in [-0.1, -0.05) is 22.7 Å². The molecule has 0 bridgehead atoms. The SMILES string of the molecule is CCO[P+](O)=c1sc2c(s1)SCCS2. The maximum absolute atomic E-state index is 9.71. The lowest BCUT2D eigenvalue weighted by atomic mass is 10.9. The number of hydrogen-bond donors (Lipinski definition) is 1. The van der Waals surface area contributed by atoms with Gasteiger partial charge in [0, 0.05) is 11.5 Å². The van der Waals surface area contributed by atoms with E-state index in [0.29, 0.717) is 6.61 Å². The van der Waals surface area contributed by atoms with Gasteiger partial charge in [-0.2, -0.15) is 9.42 Å². The lowest BCUT2D eigenvalue weighted by molar-refractivity contribution is 0.342. The molecule has 1 aliphatic rings. The topological polar surface area (TPSA) is 29.5 Å². The second-order valence-corrected chi connectivity index (χ2v) is 9.32. The van der Waals surface area contributed by atoms with Crippen molar-refractivity contribution < 1.29 is 9.42 Å². The van der Waals surface area contributed by atoms with E-state index in [1.165, 1.54) is 19.9 Å². The maximum Gasteiger partial charge on any atom is 0.459 e. The molecular formula is C7H10O2PS4+. The predicted octanol–water partition coefficient (Wildman–Crippen LogP) is 3.88. The van der Waals surface area contributed by atoms with E-state index in [1.807, 2.05) is 30.4 Å². The summed E-state index contributed by atoms with van der Waals surface area (Å²) in [5.41, 5.74) is 0. The highest BCUT2D eigenvalue weighted by Crippen LogP contribution is 2.47. The van der Waals surface area contributed by atoms with Crippen molar-refractivity contribution in [2.45, 2.75) is 15.3 Å². The van der Waals surface area contributed by atoms with Gasteiger partial charge in [0.15, 0.2) is 0 Å². The van der Waals surface area contributed by atoms with Crippen molar-refractivity contribution in [3.63, 3.8) is 0 Å². The Bertz CT molecular complexity index is 357. The number of hydrogen-bond acceptors (Lipinski definition) is 6. The molecule has 78 valence electrons. The smallest absolute Gasteiger partial charge is 0.165 e. The molecule has 2 rings (SSSR count). The molecule has 2 heterocycles. The maximum atomic E-state index is 9.71. The fraction of sp³-hybridized carbons (Fsp3) is 0.571. The lowest BCUT2D eigenvalue weighted by Gasteiger charge is -2.06. The average Bonchev–Trinajstić information content (AvgIpc) is 2.61. The van der Waals surface area contributed by atoms with Crippen molar-refractivity contribution in [1.29, 1.82) is 0 Å². The molecule has 0 amide bonds. The molecule has 0 saturated carbocycles. The Morgan fingerprint density at radius 2 is 1.86 bits per heavy atom. The average molecular weight is 285 g/mol. The quantitative estimate of drug-likeness (QED) is 0.835. The van der Waals surface area contributed by atoms with Crippen LogP contribution < -0.4 is 0 Å². The third kappa shape index (κ3) is 2.55. The van der Waals surface area contributed by atoms with E-state index in [1.54, 1.807) is 22.7 Å². The summed E-state index contributed by atoms with van der Waals surface area (Å²) in [6.07, 6.45) is 0. The Balaban J connectivity index is 2.36. The lowest BCUT2D eigenvalue weighted by Crippen LogP contribution is -1.87. The Labute approximate surface area is 100 Å². The van der Waals surface area contributed by atoms with Crippen LogP contribution in [0.25, 0.3) is 0 Å². The van der Waals surface area contributed by atoms with Gasteiger partial charge in [-0.3, -0.25) is 0 Å². The molecule has 1 aromatic rings. The molecule has 1 atom stereocenters. The van der Waals surface area contributed by atoms with Gasteiger partial charge in [0.05, 0.1) is 15.0 Å². The van der Waals surface area contributed by atoms with Gasteiger partial charge >= 0.3 is 11.6 Å². The molecule has 0 aliphatic carbocycles. The van der Waals surface area contributed by atoms with Crippen molar-refractivity contribution in [3.05, 3.63) is 3.57 Å². The predicted molar refractivity (Wildman–Crippen MR) is 67.7 cm³/mol. The van der Waals surface area contributed by atoms with Crippen molar-refractivity contribution in [1.82, 2.24) is 0 Å². The minimum atomic E-state index is -1.34. The van der Waals surface area contributed by atoms with E-state index in [2.05, 4.69) is 0 Å². The van der Waals surface area contributed by atoms with Crippen LogP contribution in [0, 0.1) is 3.57 Å². The van der Waals surface area contributed by atoms with Crippen LogP contribution in [0.1, 0.15) is 6.92 Å². The van der Waals surface area contributed by atoms with E-state index in [4.69, 9.17) is 4.52 Å². The molecule has 1 unspecified atom stereocenters. The van der Waals surface area contributed by atoms with Gasteiger partial charge in [0.25, 0.3) is 0 Å². The number of rotatable bonds is 2. The van der Waals surface area contributed by atoms with Gasteiger partial charge in [-0.25, -0.2) is 0 Å². The normalized spacial score (nSPS) is 16.6. The first kappa shape index (κ1) is 11.5. The van der Waals surface area contributed by atoms with E-state index < -0.39 is 8.00 Å². The van der Waals surface area contributed by atoms with Crippen LogP contribution in [0.15, 0.2) is 8.42 Å². The zero-order valence-corrected chi connectivity index (χ0v) is 11.7. The monoisotopic (exact) mass is 285 g/mol. The van der Waals surface area contributed by atoms with E-state index >= 15 is 0 Å². The molecule has 2 nitrogen and oxygen atoms in total. The van der Waals surface area contributed by atoms with Crippen LogP contribution in [0.2, 0.25) is 0 Å². The van der Waals surface area contributed by atoms with Gasteiger partial charge < -0.3 is 0 Å². The molecule has 7 heteroatoms. The molecule has 0 aromatic carbocycles. The van der Waals surface area contributed by atoms with Crippen molar-refractivity contribution in [3.8, 4) is 0 Å². The fourth-order valence-corrected chi connectivity index (χ4v) is 8.59. The van der Waals surface area contributed by atoms with Crippen molar-refractivity contribution in [2.24, 2.45) is 0 Å². The van der Waals surface area contributed by atoms with Gasteiger partial charge in [0.1, 0.15) is 0 Å². The van der Waals surface area contributed by atoms with Crippen LogP contribution in [-0.4, -0.2) is 23.0 Å². The molecule has 0 fully saturated rings. The summed E-state index contributed by atoms with van der Waals surface area (Å²) in [6, 6.07) is 0. The first-order valence-electron chi connectivity index (χ1n) is 4.15. The highest BCUT2D eigenvalue weighted by Gasteiger charge is 2.20. The first-order valence-corrected chi connectivity index (χ1v) is 8.97. The fourth-order valence-electron chi connectivity index (χ4n) is 0.961. The van der Waals surface area contributed by atoms with Crippen molar-refractivity contribution >= 4 is 54.2 Å². The molecule has 1 N–H and O–H groups in total. The molecule has 0 spiro atoms. The zero-order valence-electron chi connectivity index (χ0n) is 7.56. The molecular weight excluding hydrogens is 275 g/mol. The number of fused-ring (bicyclic) bond motifs is 1. The van der Waals surface area contributed by atoms with Crippen LogP contribution in [0.5, 0.6) is 0 Å². The van der Waals surface area contributed by atoms with E-state index in [-0.39, 0.29) is 0 Å². The van der Waals surface area contributed by atoms with E-state index in [0.717, 1.165) is 3.57 Å². The molecule has 1 aromatic heterocycles. The molecule has 0 radical (unpaired) electrons. The van der Waals surface area contributed by atoms with E-state index in [9.17, 15) is 4.89 Å². The second-order valence-electron chi connectivity index (χ2n) is 2.43. The Morgan fingerprint density at radius 1 is 1.29 bits per heavy atom. The molecule has 14 heavy (non-hydrogen) atoms.